The van der Waals surface area contributed by atoms with Gasteiger partial charge in [-0.25, -0.2) is 4.68 Å². The molecule has 5 nitrogen and oxygen atoms in total. The molecule has 1 aromatic carbocycles. The van der Waals surface area contributed by atoms with E-state index in [-0.39, 0.29) is 11.8 Å². The lowest BCUT2D eigenvalue weighted by atomic mass is 9.85. The Labute approximate surface area is 144 Å². The van der Waals surface area contributed by atoms with Crippen LogP contribution in [0, 0.1) is 11.3 Å². The summed E-state index contributed by atoms with van der Waals surface area (Å²) in [6.07, 6.45) is 5.85. The predicted molar refractivity (Wildman–Crippen MR) is 92.8 cm³/mol. The van der Waals surface area contributed by atoms with Crippen molar-refractivity contribution in [3.63, 3.8) is 0 Å². The second kappa shape index (κ2) is 5.84. The Balaban J connectivity index is 1.90. The largest absolute Gasteiger partial charge is 0.342 e. The highest BCUT2D eigenvalue weighted by Crippen LogP contribution is 2.41. The number of allylic oxidation sites excluding steroid dienone is 2. The average molecular weight is 336 g/mol. The molecule has 1 aromatic heterocycles. The number of carbonyl (C=O) groups excluding carboxylic acids is 1. The molecule has 1 aliphatic carbocycles. The third-order valence-electron chi connectivity index (χ3n) is 4.59. The average Bonchev–Trinajstić information content (AvgIpc) is 3.03. The van der Waals surface area contributed by atoms with E-state index in [1.165, 1.54) is 4.90 Å². The van der Waals surface area contributed by atoms with Gasteiger partial charge in [0.2, 0.25) is 0 Å². The Hall–Kier alpha value is -2.52. The van der Waals surface area contributed by atoms with Crippen molar-refractivity contribution in [2.45, 2.75) is 30.2 Å². The first-order valence-electron chi connectivity index (χ1n) is 7.87. The molecule has 0 unspecified atom stereocenters. The molecule has 0 bridgehead atoms. The molecule has 1 atom stereocenters. The smallest absolute Gasteiger partial charge is 0.163 e. The van der Waals surface area contributed by atoms with Crippen LogP contribution >= 0.6 is 11.8 Å². The zero-order chi connectivity index (χ0) is 16.7. The van der Waals surface area contributed by atoms with Crippen LogP contribution in [-0.2, 0) is 4.79 Å². The number of thioether (sulfide) groups is 1. The van der Waals surface area contributed by atoms with Crippen LogP contribution < -0.4 is 5.32 Å². The third kappa shape index (κ3) is 2.24. The molecule has 2 aliphatic rings. The molecular weight excluding hydrogens is 320 g/mol. The van der Waals surface area contributed by atoms with Crippen molar-refractivity contribution in [3.8, 4) is 6.07 Å². The summed E-state index contributed by atoms with van der Waals surface area (Å²) >= 11 is 1.68. The van der Waals surface area contributed by atoms with Gasteiger partial charge in [-0.05, 0) is 36.8 Å². The first kappa shape index (κ1) is 15.0. The summed E-state index contributed by atoms with van der Waals surface area (Å²) in [6.45, 7) is 0. The molecule has 4 rings (SSSR count). The minimum Gasteiger partial charge on any atom is -0.342 e. The van der Waals surface area contributed by atoms with Crippen molar-refractivity contribution >= 4 is 23.4 Å². The van der Waals surface area contributed by atoms with Gasteiger partial charge in [-0.1, -0.05) is 12.1 Å². The van der Waals surface area contributed by atoms with E-state index in [1.807, 2.05) is 18.4 Å². The summed E-state index contributed by atoms with van der Waals surface area (Å²) in [7, 11) is 0. The quantitative estimate of drug-likeness (QED) is 0.850. The van der Waals surface area contributed by atoms with Crippen molar-refractivity contribution in [2.75, 3.05) is 11.6 Å². The van der Waals surface area contributed by atoms with Gasteiger partial charge >= 0.3 is 0 Å². The van der Waals surface area contributed by atoms with Crippen molar-refractivity contribution in [1.29, 1.82) is 5.26 Å². The number of carbonyl (C=O) groups is 1. The van der Waals surface area contributed by atoms with Crippen molar-refractivity contribution in [1.82, 2.24) is 9.78 Å². The normalized spacial score (nSPS) is 19.3. The van der Waals surface area contributed by atoms with E-state index in [9.17, 15) is 10.1 Å². The van der Waals surface area contributed by atoms with Gasteiger partial charge in [0.15, 0.2) is 5.78 Å². The number of nitriles is 1. The second-order valence-corrected chi connectivity index (χ2v) is 6.81. The lowest BCUT2D eigenvalue weighted by molar-refractivity contribution is -0.116. The number of fused-ring (bicyclic) bond motifs is 1. The molecule has 1 N–H and O–H groups in total. The van der Waals surface area contributed by atoms with Crippen molar-refractivity contribution in [2.24, 2.45) is 0 Å². The molecule has 6 heteroatoms. The van der Waals surface area contributed by atoms with Crippen LogP contribution in [-0.4, -0.2) is 21.8 Å². The lowest BCUT2D eigenvalue weighted by Gasteiger charge is -2.33. The fraction of sp³-hybridized carbons (Fsp3) is 0.278. The highest BCUT2D eigenvalue weighted by atomic mass is 32.2. The van der Waals surface area contributed by atoms with E-state index in [0.29, 0.717) is 17.8 Å². The van der Waals surface area contributed by atoms with E-state index >= 15 is 0 Å². The summed E-state index contributed by atoms with van der Waals surface area (Å²) in [5.74, 6) is 0.854. The molecule has 1 aliphatic heterocycles. The first-order valence-corrected chi connectivity index (χ1v) is 9.10. The minimum absolute atomic E-state index is 0.169. The van der Waals surface area contributed by atoms with Crippen molar-refractivity contribution < 1.29 is 4.79 Å². The van der Waals surface area contributed by atoms with E-state index in [0.717, 1.165) is 29.7 Å². The molecule has 24 heavy (non-hydrogen) atoms. The first-order chi connectivity index (χ1) is 11.7. The van der Waals surface area contributed by atoms with Crippen LogP contribution in [0.2, 0.25) is 0 Å². The summed E-state index contributed by atoms with van der Waals surface area (Å²) < 4.78 is 1.77. The number of nitrogens with zero attached hydrogens (tertiary/aromatic N) is 3. The van der Waals surface area contributed by atoms with Crippen molar-refractivity contribution in [3.05, 3.63) is 52.9 Å². The maximum Gasteiger partial charge on any atom is 0.163 e. The van der Waals surface area contributed by atoms with Gasteiger partial charge in [0.25, 0.3) is 0 Å². The molecule has 0 saturated carbocycles. The number of hydrogen-bond donors (Lipinski definition) is 1. The Morgan fingerprint density at radius 1 is 1.33 bits per heavy atom. The topological polar surface area (TPSA) is 70.7 Å². The zero-order valence-corrected chi connectivity index (χ0v) is 14.1. The van der Waals surface area contributed by atoms with Crippen LogP contribution in [0.25, 0.3) is 0 Å². The maximum atomic E-state index is 12.6. The molecule has 0 spiro atoms. The highest BCUT2D eigenvalue weighted by molar-refractivity contribution is 7.98. The number of rotatable bonds is 2. The van der Waals surface area contributed by atoms with Crippen LogP contribution in [0.4, 0.5) is 5.82 Å². The Morgan fingerprint density at radius 2 is 2.12 bits per heavy atom. The van der Waals surface area contributed by atoms with E-state index < -0.39 is 0 Å². The third-order valence-corrected chi connectivity index (χ3v) is 5.33. The molecule has 0 saturated heterocycles. The molecule has 2 aromatic rings. The van der Waals surface area contributed by atoms with Gasteiger partial charge in [-0.2, -0.15) is 10.4 Å². The molecule has 0 amide bonds. The molecule has 120 valence electrons. The predicted octanol–water partition coefficient (Wildman–Crippen LogP) is 3.50. The fourth-order valence-corrected chi connectivity index (χ4v) is 3.84. The monoisotopic (exact) mass is 336 g/mol. The zero-order valence-electron chi connectivity index (χ0n) is 13.2. The van der Waals surface area contributed by atoms with Gasteiger partial charge in [0.1, 0.15) is 23.5 Å². The lowest BCUT2D eigenvalue weighted by Crippen LogP contribution is -2.31. The van der Waals surface area contributed by atoms with Gasteiger partial charge in [0, 0.05) is 22.6 Å². The SMILES string of the molecule is CSc1ccc([C@H]2C3=C(CCCC3=O)Nc3c(C#N)cnn32)cc1. The molecule has 2 heterocycles. The fourth-order valence-electron chi connectivity index (χ4n) is 3.43. The van der Waals surface area contributed by atoms with Gasteiger partial charge in [-0.15, -0.1) is 11.8 Å². The maximum absolute atomic E-state index is 12.6. The summed E-state index contributed by atoms with van der Waals surface area (Å²) in [5.41, 5.74) is 3.25. The Kier molecular flexibility index (Phi) is 3.66. The van der Waals surface area contributed by atoms with Gasteiger partial charge < -0.3 is 5.32 Å². The van der Waals surface area contributed by atoms with Crippen LogP contribution in [0.1, 0.15) is 36.4 Å². The molecule has 0 fully saturated rings. The minimum atomic E-state index is -0.262. The van der Waals surface area contributed by atoms with Gasteiger partial charge in [0.05, 0.1) is 6.20 Å². The summed E-state index contributed by atoms with van der Waals surface area (Å²) in [5, 5.41) is 17.0. The second-order valence-electron chi connectivity index (χ2n) is 5.93. The summed E-state index contributed by atoms with van der Waals surface area (Å²) in [4.78, 5) is 13.8. The summed E-state index contributed by atoms with van der Waals surface area (Å²) in [6, 6.07) is 10.1. The number of benzene rings is 1. The highest BCUT2D eigenvalue weighted by Gasteiger charge is 2.36. The Bertz CT molecular complexity index is 889. The van der Waals surface area contributed by atoms with E-state index in [2.05, 4.69) is 28.6 Å². The van der Waals surface area contributed by atoms with E-state index in [1.54, 1.807) is 22.6 Å². The number of Topliss-reactive ketones (excluding diaryl/α,β-unsaturated/α-hetero) is 1. The molecule has 0 radical (unpaired) electrons. The van der Waals surface area contributed by atoms with E-state index in [4.69, 9.17) is 0 Å². The number of aromatic nitrogens is 2. The Morgan fingerprint density at radius 3 is 2.83 bits per heavy atom. The number of nitrogens with one attached hydrogen (secondary N) is 1. The number of ketones is 1. The number of anilines is 1. The molecular formula is C18H16N4OS. The standard InChI is InChI=1S/C18H16N4OS/c1-24-13-7-5-11(6-8-13)17-16-14(3-2-4-15(16)23)21-18-12(9-19)10-20-22(17)18/h5-8,10,17,21H,2-4H2,1H3/t17-/m0/s1. The van der Waals surface area contributed by atoms with Gasteiger partial charge in [-0.3, -0.25) is 4.79 Å². The van der Waals surface area contributed by atoms with Crippen LogP contribution in [0.15, 0.2) is 46.6 Å². The number of hydrogen-bond acceptors (Lipinski definition) is 5. The van der Waals surface area contributed by atoms with Crippen LogP contribution in [0.5, 0.6) is 0 Å². The van der Waals surface area contributed by atoms with Crippen LogP contribution in [0.3, 0.4) is 0 Å².